The smallest absolute Gasteiger partial charge is 0.345 e. The van der Waals surface area contributed by atoms with Crippen LogP contribution in [0, 0.1) is 13.8 Å². The number of thiazole rings is 2. The standard InChI is InChI=1S/C34H26N8O2S2.2C7H8O3S/c1-39-29(21-41-15-17-45-33(39)41)25-7-3-23(4-8-25)19-35-37-31(43)27-11-13-28(14-12-27)32(44)38-36-20-24-5-9-26(10-6-24)30-22-42-16-18-46-34(42)40(30)2;2*1-6-2-4-7(5-3-6)11(8,9)10/h3-22H,1-2H3;2*2-5H,1H3,(H,8,9,10)/b35-19-,36-20+;;. The van der Waals surface area contributed by atoms with Gasteiger partial charge in [0.05, 0.1) is 36.3 Å². The minimum atomic E-state index is -4.27. The fraction of sp³-hybridized carbons (Fsp3) is 0.0833. The van der Waals surface area contributed by atoms with Crippen LogP contribution in [0.15, 0.2) is 177 Å². The van der Waals surface area contributed by atoms with E-state index in [9.17, 15) is 35.5 Å². The molecule has 9 rings (SSSR count). The lowest BCUT2D eigenvalue weighted by Crippen LogP contribution is -2.28. The van der Waals surface area contributed by atoms with E-state index in [0.29, 0.717) is 11.1 Å². The average molecular weight is 987 g/mol. The second-order valence-electron chi connectivity index (χ2n) is 15.1. The molecule has 9 aromatic rings. The molecule has 5 aromatic carbocycles. The van der Waals surface area contributed by atoms with Crippen LogP contribution in [0.3, 0.4) is 0 Å². The van der Waals surface area contributed by atoms with Crippen LogP contribution in [-0.4, -0.2) is 59.0 Å². The second kappa shape index (κ2) is 21.0. The normalized spacial score (nSPS) is 11.6. The summed E-state index contributed by atoms with van der Waals surface area (Å²) in [6.07, 6.45) is 11.5. The first-order valence-corrected chi connectivity index (χ1v) is 24.9. The van der Waals surface area contributed by atoms with Crippen molar-refractivity contribution < 1.29 is 44.7 Å². The second-order valence-corrected chi connectivity index (χ2v) is 19.6. The molecule has 346 valence electrons. The van der Waals surface area contributed by atoms with Crippen LogP contribution in [0.5, 0.6) is 0 Å². The SMILES string of the molecule is C[n+]1c(-c2ccc(/C=N\NC(=O)c3ccc(C(=O)N/N=C/c4ccc(-c5cn6ccsc6[n+]5C)cc4)cc3)cc2)cn2ccsc21.Cc1ccc(S(=O)(=O)[O-])cc1.Cc1ccc(S(=O)(=O)[O-])cc1. The van der Waals surface area contributed by atoms with Gasteiger partial charge in [-0.1, -0.05) is 82.3 Å². The molecule has 0 unspecified atom stereocenters. The van der Waals surface area contributed by atoms with Crippen molar-refractivity contribution in [3.63, 3.8) is 0 Å². The van der Waals surface area contributed by atoms with Crippen LogP contribution in [-0.2, 0) is 34.3 Å². The maximum Gasteiger partial charge on any atom is 0.345 e. The predicted octanol–water partition coefficient (Wildman–Crippen LogP) is 6.62. The summed E-state index contributed by atoms with van der Waals surface area (Å²) in [6, 6.07) is 33.8. The number of amides is 2. The number of aromatic nitrogens is 4. The fourth-order valence-corrected chi connectivity index (χ4v) is 9.12. The molecule has 4 heterocycles. The number of benzene rings is 5. The highest BCUT2D eigenvalue weighted by Gasteiger charge is 2.18. The van der Waals surface area contributed by atoms with Crippen LogP contribution in [0.1, 0.15) is 43.0 Å². The summed E-state index contributed by atoms with van der Waals surface area (Å²) in [5.74, 6) is -0.757. The minimum Gasteiger partial charge on any atom is -0.744 e. The number of nitrogens with zero attached hydrogens (tertiary/aromatic N) is 6. The van der Waals surface area contributed by atoms with E-state index in [1.807, 2.05) is 88.9 Å². The van der Waals surface area contributed by atoms with E-state index in [-0.39, 0.29) is 21.6 Å². The van der Waals surface area contributed by atoms with Crippen LogP contribution in [0.4, 0.5) is 0 Å². The molecule has 0 atom stereocenters. The van der Waals surface area contributed by atoms with Gasteiger partial charge in [-0.3, -0.25) is 9.59 Å². The molecule has 68 heavy (non-hydrogen) atoms. The zero-order chi connectivity index (χ0) is 48.6. The van der Waals surface area contributed by atoms with E-state index in [0.717, 1.165) is 54.7 Å². The van der Waals surface area contributed by atoms with Crippen LogP contribution < -0.4 is 20.0 Å². The van der Waals surface area contributed by atoms with Gasteiger partial charge < -0.3 is 9.11 Å². The van der Waals surface area contributed by atoms with E-state index < -0.39 is 20.2 Å². The van der Waals surface area contributed by atoms with Crippen LogP contribution in [0.2, 0.25) is 0 Å². The van der Waals surface area contributed by atoms with E-state index in [1.54, 1.807) is 83.6 Å². The summed E-state index contributed by atoms with van der Waals surface area (Å²) in [5, 5.41) is 12.3. The number of hydrogen-bond donors (Lipinski definition) is 2. The van der Waals surface area contributed by atoms with Crippen molar-refractivity contribution in [2.24, 2.45) is 24.3 Å². The van der Waals surface area contributed by atoms with Gasteiger partial charge in [0.2, 0.25) is 0 Å². The first-order chi connectivity index (χ1) is 32.4. The summed E-state index contributed by atoms with van der Waals surface area (Å²) < 4.78 is 70.8. The Morgan fingerprint density at radius 2 is 0.882 bits per heavy atom. The highest BCUT2D eigenvalue weighted by molar-refractivity contribution is 7.86. The third-order valence-electron chi connectivity index (χ3n) is 10.3. The molecule has 2 N–H and O–H groups in total. The van der Waals surface area contributed by atoms with Crippen molar-refractivity contribution in [1.29, 1.82) is 0 Å². The summed E-state index contributed by atoms with van der Waals surface area (Å²) >= 11 is 3.38. The Bertz CT molecular complexity index is 3270. The van der Waals surface area contributed by atoms with E-state index in [1.165, 1.54) is 24.3 Å². The third-order valence-corrected chi connectivity index (χ3v) is 13.9. The number of imidazole rings is 2. The molecule has 2 amide bonds. The first kappa shape index (κ1) is 48.5. The number of aryl methyl sites for hydroxylation is 4. The zero-order valence-corrected chi connectivity index (χ0v) is 40.0. The molecule has 0 aliphatic carbocycles. The van der Waals surface area contributed by atoms with Gasteiger partial charge in [-0.15, -0.1) is 0 Å². The van der Waals surface area contributed by atoms with Crippen molar-refractivity contribution in [2.45, 2.75) is 23.6 Å². The van der Waals surface area contributed by atoms with Gasteiger partial charge in [-0.05, 0) is 97.8 Å². The highest BCUT2D eigenvalue weighted by Crippen LogP contribution is 2.21. The number of hydrogen-bond acceptors (Lipinski definition) is 12. The van der Waals surface area contributed by atoms with Gasteiger partial charge in [-0.2, -0.15) is 19.0 Å². The third kappa shape index (κ3) is 12.1. The van der Waals surface area contributed by atoms with Crippen LogP contribution in [0.25, 0.3) is 32.4 Å². The van der Waals surface area contributed by atoms with Gasteiger partial charge in [0.15, 0.2) is 11.4 Å². The molecule has 0 aliphatic rings. The molecule has 0 bridgehead atoms. The number of carbonyl (C=O) groups is 2. The minimum absolute atomic E-state index is 0.178. The van der Waals surface area contributed by atoms with Gasteiger partial charge >= 0.3 is 9.92 Å². The number of hydrazone groups is 2. The van der Waals surface area contributed by atoms with Crippen molar-refractivity contribution in [3.05, 3.63) is 190 Å². The first-order valence-electron chi connectivity index (χ1n) is 20.4. The maximum atomic E-state index is 12.6. The zero-order valence-electron chi connectivity index (χ0n) is 36.7. The van der Waals surface area contributed by atoms with Crippen molar-refractivity contribution in [2.75, 3.05) is 0 Å². The van der Waals surface area contributed by atoms with Crippen molar-refractivity contribution in [3.8, 4) is 22.5 Å². The molecule has 4 aromatic heterocycles. The van der Waals surface area contributed by atoms with Crippen LogP contribution >= 0.6 is 22.7 Å². The maximum absolute atomic E-state index is 12.6. The average Bonchev–Trinajstić information content (AvgIpc) is 4.12. The number of nitrogens with one attached hydrogen (secondary N) is 2. The number of fused-ring (bicyclic) bond motifs is 2. The molecule has 0 fully saturated rings. The summed E-state index contributed by atoms with van der Waals surface area (Å²) in [4.78, 5) is 27.1. The Hall–Kier alpha value is -7.46. The van der Waals surface area contributed by atoms with Gasteiger partial charge in [0.25, 0.3) is 11.8 Å². The molecule has 0 saturated heterocycles. The Balaban J connectivity index is 0.000000254. The molecule has 16 nitrogen and oxygen atoms in total. The molecule has 20 heteroatoms. The van der Waals surface area contributed by atoms with Gasteiger partial charge in [0.1, 0.15) is 45.0 Å². The fourth-order valence-electron chi connectivity index (χ4n) is 6.57. The lowest BCUT2D eigenvalue weighted by Gasteiger charge is -2.05. The molecule has 0 saturated carbocycles. The van der Waals surface area contributed by atoms with Crippen molar-refractivity contribution >= 4 is 77.1 Å². The van der Waals surface area contributed by atoms with Gasteiger partial charge in [0, 0.05) is 33.0 Å². The van der Waals surface area contributed by atoms with E-state index >= 15 is 0 Å². The van der Waals surface area contributed by atoms with Crippen molar-refractivity contribution in [1.82, 2.24) is 19.7 Å². The highest BCUT2D eigenvalue weighted by atomic mass is 32.2. The Kier molecular flexibility index (Phi) is 15.0. The molecular formula is C48H42N8O8S4. The van der Waals surface area contributed by atoms with E-state index in [2.05, 4.69) is 62.1 Å². The molecule has 0 aliphatic heterocycles. The van der Waals surface area contributed by atoms with E-state index in [4.69, 9.17) is 0 Å². The lowest BCUT2D eigenvalue weighted by molar-refractivity contribution is -0.631. The summed E-state index contributed by atoms with van der Waals surface area (Å²) in [5.41, 5.74) is 13.8. The Labute approximate surface area is 399 Å². The predicted molar refractivity (Wildman–Crippen MR) is 259 cm³/mol. The molecule has 0 spiro atoms. The van der Waals surface area contributed by atoms with Gasteiger partial charge in [-0.25, -0.2) is 36.8 Å². The summed E-state index contributed by atoms with van der Waals surface area (Å²) in [6.45, 7) is 3.64. The topological polar surface area (TPSA) is 214 Å². The Morgan fingerprint density at radius 3 is 1.19 bits per heavy atom. The summed E-state index contributed by atoms with van der Waals surface area (Å²) in [7, 11) is -4.44. The Morgan fingerprint density at radius 1 is 0.544 bits per heavy atom. The quantitative estimate of drug-likeness (QED) is 0.0656. The number of carbonyl (C=O) groups excluding carboxylic acids is 2. The lowest BCUT2D eigenvalue weighted by atomic mass is 10.1. The monoisotopic (exact) mass is 986 g/mol. The molecule has 0 radical (unpaired) electrons. The number of rotatable bonds is 10. The largest absolute Gasteiger partial charge is 0.744 e. The molecular weight excluding hydrogens is 945 g/mol.